The van der Waals surface area contributed by atoms with Crippen molar-refractivity contribution in [2.75, 3.05) is 13.7 Å². The van der Waals surface area contributed by atoms with Crippen molar-refractivity contribution in [1.29, 1.82) is 0 Å². The maximum absolute atomic E-state index is 13.2. The molecule has 0 unspecified atom stereocenters. The Bertz CT molecular complexity index is 1420. The van der Waals surface area contributed by atoms with E-state index in [-0.39, 0.29) is 17.7 Å². The van der Waals surface area contributed by atoms with Gasteiger partial charge in [0.05, 0.1) is 16.7 Å². The molecule has 0 N–H and O–H groups in total. The molecule has 2 aliphatic rings. The second-order valence-electron chi connectivity index (χ2n) is 9.21. The Balaban J connectivity index is 1.48. The van der Waals surface area contributed by atoms with Crippen LogP contribution in [0.25, 0.3) is 0 Å². The molecular formula is C31H26O10. The van der Waals surface area contributed by atoms with E-state index < -0.39 is 54.1 Å². The molecule has 0 radical (unpaired) electrons. The van der Waals surface area contributed by atoms with Gasteiger partial charge in [-0.25, -0.2) is 19.2 Å². The normalized spacial score (nSPS) is 24.9. The van der Waals surface area contributed by atoms with Crippen LogP contribution in [0.4, 0.5) is 0 Å². The summed E-state index contributed by atoms with van der Waals surface area (Å²) in [4.78, 5) is 51.2. The maximum atomic E-state index is 13.2. The highest BCUT2D eigenvalue weighted by molar-refractivity contribution is 5.91. The molecule has 10 heteroatoms. The van der Waals surface area contributed by atoms with Crippen LogP contribution in [0.1, 0.15) is 31.1 Å². The second-order valence-corrected chi connectivity index (χ2v) is 9.21. The second kappa shape index (κ2) is 12.2. The number of methoxy groups -OCH3 is 1. The number of carbonyl (C=O) groups is 4. The molecule has 10 nitrogen and oxygen atoms in total. The van der Waals surface area contributed by atoms with E-state index in [9.17, 15) is 19.2 Å². The van der Waals surface area contributed by atoms with Crippen molar-refractivity contribution < 1.29 is 47.6 Å². The number of esters is 4. The fraction of sp³-hybridized carbons (Fsp3) is 0.226. The zero-order valence-corrected chi connectivity index (χ0v) is 21.9. The summed E-state index contributed by atoms with van der Waals surface area (Å²) in [6.07, 6.45) is -2.57. The molecular weight excluding hydrogens is 532 g/mol. The van der Waals surface area contributed by atoms with E-state index >= 15 is 0 Å². The molecule has 0 aromatic heterocycles. The Hall–Kier alpha value is -4.80. The number of hydrogen-bond acceptors (Lipinski definition) is 10. The highest BCUT2D eigenvalue weighted by Gasteiger charge is 2.61. The molecule has 3 aromatic rings. The lowest BCUT2D eigenvalue weighted by atomic mass is 10.00. The zero-order chi connectivity index (χ0) is 28.8. The lowest BCUT2D eigenvalue weighted by molar-refractivity contribution is -0.242. The Morgan fingerprint density at radius 2 is 1.22 bits per heavy atom. The van der Waals surface area contributed by atoms with E-state index in [0.717, 1.165) is 6.08 Å². The molecule has 5 atom stereocenters. The number of hydrogen-bond donors (Lipinski definition) is 0. The van der Waals surface area contributed by atoms with Gasteiger partial charge in [-0.15, -0.1) is 0 Å². The van der Waals surface area contributed by atoms with Crippen molar-refractivity contribution in [2.45, 2.75) is 30.2 Å². The largest absolute Gasteiger partial charge is 0.459 e. The number of ether oxygens (including phenoxy) is 6. The fourth-order valence-electron chi connectivity index (χ4n) is 4.59. The van der Waals surface area contributed by atoms with E-state index in [1.165, 1.54) is 13.2 Å². The molecule has 1 saturated heterocycles. The first-order chi connectivity index (χ1) is 19.9. The third-order valence-corrected chi connectivity index (χ3v) is 6.63. The van der Waals surface area contributed by atoms with Crippen LogP contribution in [-0.4, -0.2) is 67.8 Å². The Kier molecular flexibility index (Phi) is 8.23. The van der Waals surface area contributed by atoms with Crippen LogP contribution in [0.2, 0.25) is 0 Å². The fourth-order valence-corrected chi connectivity index (χ4v) is 4.59. The number of cyclic esters (lactones) is 1. The maximum Gasteiger partial charge on any atom is 0.338 e. The molecule has 1 fully saturated rings. The number of rotatable bonds is 9. The van der Waals surface area contributed by atoms with Gasteiger partial charge < -0.3 is 28.4 Å². The smallest absolute Gasteiger partial charge is 0.338 e. The van der Waals surface area contributed by atoms with Gasteiger partial charge in [-0.2, -0.15) is 0 Å². The zero-order valence-electron chi connectivity index (χ0n) is 21.9. The minimum Gasteiger partial charge on any atom is -0.459 e. The van der Waals surface area contributed by atoms with Gasteiger partial charge in [0.15, 0.2) is 18.3 Å². The van der Waals surface area contributed by atoms with Crippen molar-refractivity contribution in [3.05, 3.63) is 120 Å². The Morgan fingerprint density at radius 3 is 1.68 bits per heavy atom. The van der Waals surface area contributed by atoms with E-state index in [0.29, 0.717) is 5.56 Å². The molecule has 3 aromatic carbocycles. The highest BCUT2D eigenvalue weighted by atomic mass is 16.7. The highest BCUT2D eigenvalue weighted by Crippen LogP contribution is 2.39. The van der Waals surface area contributed by atoms with Gasteiger partial charge in [0.25, 0.3) is 5.79 Å². The van der Waals surface area contributed by atoms with Crippen LogP contribution in [0, 0.1) is 0 Å². The van der Waals surface area contributed by atoms with Crippen LogP contribution >= 0.6 is 0 Å². The summed E-state index contributed by atoms with van der Waals surface area (Å²) in [6.45, 7) is -0.381. The van der Waals surface area contributed by atoms with Crippen molar-refractivity contribution >= 4 is 23.9 Å². The molecule has 0 spiro atoms. The number of carbonyl (C=O) groups excluding carboxylic acids is 4. The van der Waals surface area contributed by atoms with Crippen LogP contribution < -0.4 is 0 Å². The molecule has 5 rings (SSSR count). The monoisotopic (exact) mass is 558 g/mol. The summed E-state index contributed by atoms with van der Waals surface area (Å²) in [5, 5.41) is 0. The first-order valence-corrected chi connectivity index (χ1v) is 12.8. The minimum atomic E-state index is -1.81. The molecule has 0 bridgehead atoms. The lowest BCUT2D eigenvalue weighted by Crippen LogP contribution is -2.52. The summed E-state index contributed by atoms with van der Waals surface area (Å²) < 4.78 is 34.4. The molecule has 0 saturated carbocycles. The van der Waals surface area contributed by atoms with Crippen molar-refractivity contribution in [1.82, 2.24) is 0 Å². The predicted molar refractivity (Wildman–Crippen MR) is 142 cm³/mol. The molecule has 0 aliphatic carbocycles. The average Bonchev–Trinajstić information content (AvgIpc) is 3.57. The Labute approximate surface area is 235 Å². The van der Waals surface area contributed by atoms with Crippen LogP contribution in [0.15, 0.2) is 103 Å². The Morgan fingerprint density at radius 1 is 0.732 bits per heavy atom. The first kappa shape index (κ1) is 27.8. The third kappa shape index (κ3) is 6.03. The van der Waals surface area contributed by atoms with Crippen molar-refractivity contribution in [3.8, 4) is 0 Å². The summed E-state index contributed by atoms with van der Waals surface area (Å²) in [6, 6.07) is 24.7. The van der Waals surface area contributed by atoms with Gasteiger partial charge >= 0.3 is 23.9 Å². The molecule has 0 amide bonds. The SMILES string of the molecule is CO[C@@]1([C@H]2O[C@H](COC(=O)c3ccccc3)[C@@H](OC(=O)c3ccccc3)[C@H]2OC(=O)c2ccccc2)C=CC(=O)O1. The van der Waals surface area contributed by atoms with Gasteiger partial charge in [-0.3, -0.25) is 0 Å². The average molecular weight is 559 g/mol. The molecule has 41 heavy (non-hydrogen) atoms. The van der Waals surface area contributed by atoms with E-state index in [1.807, 2.05) is 0 Å². The van der Waals surface area contributed by atoms with Gasteiger partial charge in [0.1, 0.15) is 12.7 Å². The topological polar surface area (TPSA) is 124 Å². The summed E-state index contributed by atoms with van der Waals surface area (Å²) in [7, 11) is 1.29. The van der Waals surface area contributed by atoms with E-state index in [4.69, 9.17) is 28.4 Å². The van der Waals surface area contributed by atoms with Gasteiger partial charge in [-0.1, -0.05) is 54.6 Å². The molecule has 210 valence electrons. The standard InChI is InChI=1S/C31H26O10/c1-36-31(18-17-24(32)41-31)27-26(40-30(35)22-15-9-4-10-16-22)25(39-29(34)21-13-7-3-8-14-21)23(38-27)19-37-28(33)20-11-5-2-6-12-20/h2-18,23,25-27H,19H2,1H3/t23-,25-,26-,27+,31+/m1/s1. The number of benzene rings is 3. The quantitative estimate of drug-likeness (QED) is 0.285. The van der Waals surface area contributed by atoms with E-state index in [1.54, 1.807) is 91.0 Å². The van der Waals surface area contributed by atoms with Crippen LogP contribution in [0.3, 0.4) is 0 Å². The summed E-state index contributed by atoms with van der Waals surface area (Å²) >= 11 is 0. The van der Waals surface area contributed by atoms with Gasteiger partial charge in [-0.05, 0) is 42.5 Å². The summed E-state index contributed by atoms with van der Waals surface area (Å²) in [5.41, 5.74) is 0.759. The van der Waals surface area contributed by atoms with Crippen molar-refractivity contribution in [3.63, 3.8) is 0 Å². The van der Waals surface area contributed by atoms with Crippen LogP contribution in [0.5, 0.6) is 0 Å². The van der Waals surface area contributed by atoms with Crippen molar-refractivity contribution in [2.24, 2.45) is 0 Å². The molecule has 2 heterocycles. The molecule has 2 aliphatic heterocycles. The van der Waals surface area contributed by atoms with E-state index in [2.05, 4.69) is 0 Å². The lowest BCUT2D eigenvalue weighted by Gasteiger charge is -2.33. The summed E-state index contributed by atoms with van der Waals surface area (Å²) in [5.74, 6) is -4.64. The third-order valence-electron chi connectivity index (χ3n) is 6.63. The van der Waals surface area contributed by atoms with Crippen LogP contribution in [-0.2, 0) is 33.2 Å². The minimum absolute atomic E-state index is 0.226. The van der Waals surface area contributed by atoms with Gasteiger partial charge in [0.2, 0.25) is 0 Å². The first-order valence-electron chi connectivity index (χ1n) is 12.8. The van der Waals surface area contributed by atoms with Gasteiger partial charge in [0, 0.05) is 13.2 Å². The predicted octanol–water partition coefficient (Wildman–Crippen LogP) is 3.52.